The number of halogens is 4. The molecule has 164 valence electrons. The number of pyridine rings is 4. The maximum absolute atomic E-state index is 5.57. The van der Waals surface area contributed by atoms with E-state index in [1.807, 2.05) is 38.1 Å². The van der Waals surface area contributed by atoms with Gasteiger partial charge in [-0.25, -0.2) is 19.9 Å². The van der Waals surface area contributed by atoms with Crippen molar-refractivity contribution in [1.29, 1.82) is 0 Å². The van der Waals surface area contributed by atoms with Crippen LogP contribution >= 0.6 is 18.6 Å². The van der Waals surface area contributed by atoms with Crippen molar-refractivity contribution in [1.82, 2.24) is 19.9 Å². The van der Waals surface area contributed by atoms with Gasteiger partial charge in [0.25, 0.3) is 0 Å². The first kappa shape index (κ1) is 29.6. The van der Waals surface area contributed by atoms with E-state index in [9.17, 15) is 0 Å². The second kappa shape index (κ2) is 13.9. The van der Waals surface area contributed by atoms with E-state index in [4.69, 9.17) is 30.1 Å². The number of nitrogen functional groups attached to an aromatic ring is 2. The molecule has 0 aliphatic carbocycles. The number of aromatic nitrogens is 4. The molecule has 0 saturated heterocycles. The fourth-order valence-corrected chi connectivity index (χ4v) is 2.89. The summed E-state index contributed by atoms with van der Waals surface area (Å²) in [5.41, 5.74) is 16.9. The molecule has 4 N–H and O–H groups in total. The van der Waals surface area contributed by atoms with Gasteiger partial charge in [0, 0.05) is 22.2 Å². The zero-order valence-electron chi connectivity index (χ0n) is 17.4. The number of aryl methyl sites for hydroxylation is 4. The SMILES string of the molecule is Cc1cc(C)c2ccc(N)nc2n1.Cc1cc(C)c2ccc(N)nc2n1.[Cl-].[Cl-].[Cl][Ti+2][Cl]. The van der Waals surface area contributed by atoms with Crippen molar-refractivity contribution in [2.75, 3.05) is 11.5 Å². The molecule has 0 aliphatic rings. The summed E-state index contributed by atoms with van der Waals surface area (Å²) >= 11 is -0.556. The molecule has 4 aromatic heterocycles. The van der Waals surface area contributed by atoms with Crippen LogP contribution in [0.1, 0.15) is 22.5 Å². The first-order valence-electron chi connectivity index (χ1n) is 8.72. The molecule has 4 aromatic rings. The summed E-state index contributed by atoms with van der Waals surface area (Å²) in [5.74, 6) is 1.04. The summed E-state index contributed by atoms with van der Waals surface area (Å²) in [5, 5.41) is 2.14. The molecular weight excluding hydrogens is 514 g/mol. The van der Waals surface area contributed by atoms with E-state index in [0.29, 0.717) is 11.6 Å². The average molecular weight is 536 g/mol. The summed E-state index contributed by atoms with van der Waals surface area (Å²) in [7, 11) is 9.78. The van der Waals surface area contributed by atoms with Gasteiger partial charge in [-0.1, -0.05) is 0 Å². The molecule has 0 radical (unpaired) electrons. The Bertz CT molecular complexity index is 1040. The summed E-state index contributed by atoms with van der Waals surface area (Å²) in [6.45, 7) is 8.01. The molecule has 0 aliphatic heterocycles. The molecule has 4 heterocycles. The van der Waals surface area contributed by atoms with E-state index >= 15 is 0 Å². The Morgan fingerprint density at radius 2 is 0.968 bits per heavy atom. The first-order valence-corrected chi connectivity index (χ1v) is 13.0. The third kappa shape index (κ3) is 8.56. The Morgan fingerprint density at radius 1 is 0.645 bits per heavy atom. The summed E-state index contributed by atoms with van der Waals surface area (Å²) < 4.78 is 0. The van der Waals surface area contributed by atoms with Crippen LogP contribution in [0.4, 0.5) is 11.6 Å². The van der Waals surface area contributed by atoms with Crippen LogP contribution in [0.2, 0.25) is 0 Å². The van der Waals surface area contributed by atoms with Crippen LogP contribution in [-0.4, -0.2) is 19.9 Å². The molecule has 0 fully saturated rings. The Kier molecular flexibility index (Phi) is 13.3. The van der Waals surface area contributed by atoms with Crippen molar-refractivity contribution < 1.29 is 41.8 Å². The fraction of sp³-hybridized carbons (Fsp3) is 0.200. The number of hydrogen-bond acceptors (Lipinski definition) is 6. The Morgan fingerprint density at radius 3 is 1.29 bits per heavy atom. The van der Waals surface area contributed by atoms with E-state index in [1.165, 1.54) is 11.1 Å². The molecule has 11 heteroatoms. The maximum atomic E-state index is 5.57. The van der Waals surface area contributed by atoms with Crippen molar-refractivity contribution in [3.05, 3.63) is 58.9 Å². The molecule has 4 rings (SSSR count). The number of fused-ring (bicyclic) bond motifs is 2. The van der Waals surface area contributed by atoms with Gasteiger partial charge in [-0.15, -0.1) is 0 Å². The summed E-state index contributed by atoms with van der Waals surface area (Å²) in [4.78, 5) is 16.9. The second-order valence-electron chi connectivity index (χ2n) is 6.45. The molecule has 0 amide bonds. The molecule has 0 spiro atoms. The van der Waals surface area contributed by atoms with Gasteiger partial charge in [0.05, 0.1) is 0 Å². The molecule has 0 unspecified atom stereocenters. The van der Waals surface area contributed by atoms with Crippen molar-refractivity contribution in [3.8, 4) is 0 Å². The van der Waals surface area contributed by atoms with Crippen LogP contribution in [0.5, 0.6) is 0 Å². The van der Waals surface area contributed by atoms with Gasteiger partial charge in [-0.3, -0.25) is 0 Å². The summed E-state index contributed by atoms with van der Waals surface area (Å²) in [6, 6.07) is 11.6. The van der Waals surface area contributed by atoms with Crippen molar-refractivity contribution in [3.63, 3.8) is 0 Å². The number of rotatable bonds is 0. The van der Waals surface area contributed by atoms with Crippen molar-refractivity contribution in [2.24, 2.45) is 0 Å². The van der Waals surface area contributed by atoms with E-state index in [2.05, 4.69) is 33.8 Å². The van der Waals surface area contributed by atoms with Crippen LogP contribution in [-0.2, 0) is 17.0 Å². The third-order valence-corrected chi connectivity index (χ3v) is 4.06. The number of nitrogens with zero attached hydrogens (tertiary/aromatic N) is 4. The van der Waals surface area contributed by atoms with E-state index in [-0.39, 0.29) is 24.8 Å². The van der Waals surface area contributed by atoms with Crippen molar-refractivity contribution >= 4 is 52.3 Å². The molecule has 0 bridgehead atoms. The number of nitrogens with two attached hydrogens (primary N) is 2. The molecule has 31 heavy (non-hydrogen) atoms. The van der Waals surface area contributed by atoms with Gasteiger partial charge in [0.15, 0.2) is 11.3 Å². The Hall–Kier alpha value is -1.41. The van der Waals surface area contributed by atoms with Crippen LogP contribution in [0.25, 0.3) is 22.1 Å². The van der Waals surface area contributed by atoms with Gasteiger partial charge >= 0.3 is 35.6 Å². The van der Waals surface area contributed by atoms with Gasteiger partial charge < -0.3 is 36.3 Å². The van der Waals surface area contributed by atoms with Crippen LogP contribution in [0, 0.1) is 27.7 Å². The third-order valence-electron chi connectivity index (χ3n) is 4.06. The average Bonchev–Trinajstić information content (AvgIpc) is 2.61. The fourth-order valence-electron chi connectivity index (χ4n) is 2.89. The Labute approximate surface area is 211 Å². The molecule has 0 atom stereocenters. The normalized spacial score (nSPS) is 9.23. The van der Waals surface area contributed by atoms with Crippen LogP contribution in [0.15, 0.2) is 36.4 Å². The van der Waals surface area contributed by atoms with Crippen LogP contribution in [0.3, 0.4) is 0 Å². The Balaban J connectivity index is 0.000000488. The van der Waals surface area contributed by atoms with E-state index in [0.717, 1.165) is 33.5 Å². The van der Waals surface area contributed by atoms with E-state index in [1.54, 1.807) is 12.1 Å². The quantitative estimate of drug-likeness (QED) is 0.281. The predicted molar refractivity (Wildman–Crippen MR) is 119 cm³/mol. The molecule has 0 saturated carbocycles. The monoisotopic (exact) mass is 534 g/mol. The van der Waals surface area contributed by atoms with Gasteiger partial charge in [0.1, 0.15) is 11.6 Å². The second-order valence-corrected chi connectivity index (χ2v) is 9.03. The van der Waals surface area contributed by atoms with Crippen LogP contribution < -0.4 is 36.3 Å². The van der Waals surface area contributed by atoms with Gasteiger partial charge in [-0.05, 0) is 75.2 Å². The zero-order chi connectivity index (χ0) is 21.6. The topological polar surface area (TPSA) is 104 Å². The summed E-state index contributed by atoms with van der Waals surface area (Å²) in [6.07, 6.45) is 0. The standard InChI is InChI=1S/2C10H11N3.4ClH.Ti/c2*1-6-5-7(2)12-10-8(6)3-4-9(11)13-10;;;;;/h2*3-5H,1-2H3,(H2,11,12,13);4*1H;/q;;;;;;+4/p-4. The number of anilines is 2. The van der Waals surface area contributed by atoms with Gasteiger partial charge in [0.2, 0.25) is 0 Å². The molecule has 6 nitrogen and oxygen atoms in total. The molecular formula is C20H22Cl4N6Ti. The van der Waals surface area contributed by atoms with E-state index < -0.39 is 17.0 Å². The van der Waals surface area contributed by atoms with Crippen molar-refractivity contribution in [2.45, 2.75) is 27.7 Å². The minimum atomic E-state index is -0.556. The molecule has 0 aromatic carbocycles. The zero-order valence-corrected chi connectivity index (χ0v) is 22.0. The first-order chi connectivity index (χ1) is 13.7. The predicted octanol–water partition coefficient (Wildman–Crippen LogP) is -0.958. The number of hydrogen-bond donors (Lipinski definition) is 2. The minimum absolute atomic E-state index is 0. The van der Waals surface area contributed by atoms with Gasteiger partial charge in [-0.2, -0.15) is 0 Å².